The summed E-state index contributed by atoms with van der Waals surface area (Å²) in [5, 5.41) is 0. The van der Waals surface area contributed by atoms with Crippen LogP contribution in [0, 0.1) is 35.6 Å². The van der Waals surface area contributed by atoms with Crippen LogP contribution in [0.25, 0.3) is 11.1 Å². The van der Waals surface area contributed by atoms with Gasteiger partial charge in [0.1, 0.15) is 7.05 Å². The Labute approximate surface area is 124 Å². The van der Waals surface area contributed by atoms with E-state index in [1.165, 1.54) is 5.56 Å². The lowest BCUT2D eigenvalue weighted by Crippen LogP contribution is -2.26. The summed E-state index contributed by atoms with van der Waals surface area (Å²) in [6, 6.07) is 11.1. The molecule has 0 saturated heterocycles. The van der Waals surface area contributed by atoms with Gasteiger partial charge >= 0.3 is 0 Å². The van der Waals surface area contributed by atoms with Gasteiger partial charge in [0.25, 0.3) is 0 Å². The van der Waals surface area contributed by atoms with Crippen molar-refractivity contribution in [1.29, 1.82) is 0 Å². The Hall–Kier alpha value is -3.02. The molecule has 0 aliphatic rings. The smallest absolute Gasteiger partial charge is 0.208 e. The highest BCUT2D eigenvalue weighted by molar-refractivity contribution is 5.60. The fourth-order valence-electron chi connectivity index (χ4n) is 1.60. The molecule has 2 heterocycles. The lowest BCUT2D eigenvalue weighted by atomic mass is 10.1. The van der Waals surface area contributed by atoms with E-state index in [1.54, 1.807) is 11.5 Å². The summed E-state index contributed by atoms with van der Waals surface area (Å²) < 4.78 is 3.79. The van der Waals surface area contributed by atoms with Gasteiger partial charge in [-0.3, -0.25) is 0 Å². The second-order valence-corrected chi connectivity index (χ2v) is 4.11. The molecule has 0 saturated carbocycles. The standard InChI is InChI=1S/C18H14N2.3H2/c1-3-4-5-6-7-12-20-15-10-18(11-16-20)17-8-13-19(2)14-9-17;;;/h8-11,13-16H,1-2H3;3*1H/q+2;;;. The van der Waals surface area contributed by atoms with Crippen molar-refractivity contribution < 1.29 is 13.4 Å². The quantitative estimate of drug-likeness (QED) is 0.550. The van der Waals surface area contributed by atoms with Gasteiger partial charge < -0.3 is 0 Å². The van der Waals surface area contributed by atoms with Gasteiger partial charge in [0.2, 0.25) is 6.04 Å². The molecule has 0 atom stereocenters. The highest BCUT2D eigenvalue weighted by Crippen LogP contribution is 2.15. The molecule has 0 bridgehead atoms. The first-order chi connectivity index (χ1) is 9.79. The van der Waals surface area contributed by atoms with E-state index >= 15 is 0 Å². The van der Waals surface area contributed by atoms with Crippen LogP contribution < -0.4 is 9.13 Å². The van der Waals surface area contributed by atoms with Crippen molar-refractivity contribution in [3.63, 3.8) is 0 Å². The third-order valence-corrected chi connectivity index (χ3v) is 2.64. The topological polar surface area (TPSA) is 7.76 Å². The Morgan fingerprint density at radius 2 is 1.35 bits per heavy atom. The van der Waals surface area contributed by atoms with E-state index < -0.39 is 0 Å². The predicted molar refractivity (Wildman–Crippen MR) is 84.0 cm³/mol. The molecule has 0 fully saturated rings. The minimum atomic E-state index is 0. The third-order valence-electron chi connectivity index (χ3n) is 2.64. The van der Waals surface area contributed by atoms with Crippen molar-refractivity contribution in [3.05, 3.63) is 49.1 Å². The van der Waals surface area contributed by atoms with Crippen molar-refractivity contribution in [2.75, 3.05) is 0 Å². The van der Waals surface area contributed by atoms with Crippen LogP contribution in [-0.4, -0.2) is 0 Å². The molecule has 2 aromatic heterocycles. The van der Waals surface area contributed by atoms with Crippen LogP contribution in [0.4, 0.5) is 0 Å². The minimum absolute atomic E-state index is 0. The minimum Gasteiger partial charge on any atom is -0.208 e. The monoisotopic (exact) mass is 264 g/mol. The Morgan fingerprint density at radius 3 is 1.95 bits per heavy atom. The number of hydrogen-bond donors (Lipinski definition) is 0. The normalized spacial score (nSPS) is 8.30. The zero-order valence-corrected chi connectivity index (χ0v) is 11.5. The van der Waals surface area contributed by atoms with Crippen molar-refractivity contribution >= 4 is 0 Å². The largest absolute Gasteiger partial charge is 0.243 e. The van der Waals surface area contributed by atoms with Gasteiger partial charge in [0.05, 0.1) is 5.92 Å². The molecule has 0 N–H and O–H groups in total. The number of aromatic nitrogens is 2. The molecule has 2 nitrogen and oxygen atoms in total. The summed E-state index contributed by atoms with van der Waals surface area (Å²) in [5.41, 5.74) is 2.34. The Kier molecular flexibility index (Phi) is 4.55. The number of nitrogens with zero attached hydrogens (tertiary/aromatic N) is 2. The van der Waals surface area contributed by atoms with Crippen molar-refractivity contribution in [2.24, 2.45) is 7.05 Å². The third kappa shape index (κ3) is 3.74. The summed E-state index contributed by atoms with van der Waals surface area (Å²) in [6.07, 6.45) is 7.89. The molecule has 100 valence electrons. The maximum absolute atomic E-state index is 2.91. The van der Waals surface area contributed by atoms with E-state index in [4.69, 9.17) is 0 Å². The maximum atomic E-state index is 2.91. The Bertz CT molecular complexity index is 778. The average Bonchev–Trinajstić information content (AvgIpc) is 2.49. The molecule has 0 aromatic carbocycles. The summed E-state index contributed by atoms with van der Waals surface area (Å²) in [7, 11) is 2.00. The van der Waals surface area contributed by atoms with E-state index in [2.05, 4.69) is 47.8 Å². The summed E-state index contributed by atoms with van der Waals surface area (Å²) in [6.45, 7) is 1.75. The van der Waals surface area contributed by atoms with E-state index in [0.29, 0.717) is 0 Å². The molecule has 0 aliphatic carbocycles. The Morgan fingerprint density at radius 1 is 0.800 bits per heavy atom. The van der Waals surface area contributed by atoms with Gasteiger partial charge in [-0.2, -0.15) is 0 Å². The van der Waals surface area contributed by atoms with Crippen LogP contribution in [0.1, 0.15) is 11.2 Å². The van der Waals surface area contributed by atoms with Gasteiger partial charge in [-0.25, -0.2) is 4.57 Å². The highest BCUT2D eigenvalue weighted by Gasteiger charge is 2.02. The lowest BCUT2D eigenvalue weighted by Gasteiger charge is -1.97. The first-order valence-electron chi connectivity index (χ1n) is 6.19. The first kappa shape index (κ1) is 13.4. The van der Waals surface area contributed by atoms with Crippen LogP contribution in [-0.2, 0) is 7.05 Å². The molecule has 2 rings (SSSR count). The molecule has 0 aliphatic heterocycles. The summed E-state index contributed by atoms with van der Waals surface area (Å²) in [5.74, 6) is 13.4. The fraction of sp³-hybridized carbons (Fsp3) is 0.111. The predicted octanol–water partition coefficient (Wildman–Crippen LogP) is 2.04. The number of aryl methyl sites for hydroxylation is 1. The molecule has 0 unspecified atom stereocenters. The molecule has 0 spiro atoms. The molecule has 2 heteroatoms. The first-order valence-corrected chi connectivity index (χ1v) is 6.19. The van der Waals surface area contributed by atoms with E-state index in [-0.39, 0.29) is 4.28 Å². The zero-order valence-electron chi connectivity index (χ0n) is 11.5. The molecular weight excluding hydrogens is 244 g/mol. The van der Waals surface area contributed by atoms with Crippen LogP contribution in [0.15, 0.2) is 49.1 Å². The maximum Gasteiger partial charge on any atom is 0.243 e. The lowest BCUT2D eigenvalue weighted by molar-refractivity contribution is -0.671. The summed E-state index contributed by atoms with van der Waals surface area (Å²) in [4.78, 5) is 0. The van der Waals surface area contributed by atoms with E-state index in [9.17, 15) is 0 Å². The molecule has 0 amide bonds. The van der Waals surface area contributed by atoms with Crippen molar-refractivity contribution in [1.82, 2.24) is 0 Å². The second kappa shape index (κ2) is 6.79. The van der Waals surface area contributed by atoms with E-state index in [0.717, 1.165) is 5.56 Å². The molecular formula is C18H20N2+2. The number of rotatable bonds is 1. The molecule has 2 aromatic rings. The highest BCUT2D eigenvalue weighted by atomic mass is 14.9. The van der Waals surface area contributed by atoms with Gasteiger partial charge in [-0.05, 0) is 29.9 Å². The van der Waals surface area contributed by atoms with Gasteiger partial charge in [-0.15, -0.1) is 4.57 Å². The van der Waals surface area contributed by atoms with Crippen LogP contribution >= 0.6 is 0 Å². The van der Waals surface area contributed by atoms with Crippen LogP contribution in [0.2, 0.25) is 0 Å². The zero-order chi connectivity index (χ0) is 14.2. The molecule has 20 heavy (non-hydrogen) atoms. The number of pyridine rings is 2. The van der Waals surface area contributed by atoms with Crippen LogP contribution in [0.5, 0.6) is 0 Å². The van der Waals surface area contributed by atoms with Crippen molar-refractivity contribution in [2.45, 2.75) is 6.92 Å². The van der Waals surface area contributed by atoms with Crippen LogP contribution in [0.3, 0.4) is 0 Å². The Balaban J connectivity index is 0. The van der Waals surface area contributed by atoms with Crippen molar-refractivity contribution in [3.8, 4) is 46.8 Å². The fourth-order valence-corrected chi connectivity index (χ4v) is 1.60. The molecule has 0 radical (unpaired) electrons. The van der Waals surface area contributed by atoms with Gasteiger partial charge in [0.15, 0.2) is 24.8 Å². The second-order valence-electron chi connectivity index (χ2n) is 4.11. The van der Waals surface area contributed by atoms with Gasteiger partial charge in [-0.1, -0.05) is 5.92 Å². The van der Waals surface area contributed by atoms with E-state index in [1.807, 2.05) is 48.5 Å². The number of hydrogen-bond acceptors (Lipinski definition) is 0. The van der Waals surface area contributed by atoms with Gasteiger partial charge in [0, 0.05) is 34.5 Å². The SMILES string of the molecule is CC#CC#CC#C[n+]1ccc(-c2cc[n+](C)cc2)cc1.[HH].[HH].[HH]. The average molecular weight is 264 g/mol. The summed E-state index contributed by atoms with van der Waals surface area (Å²) >= 11 is 0.